The van der Waals surface area contributed by atoms with Crippen LogP contribution in [-0.2, 0) is 0 Å². The highest BCUT2D eigenvalue weighted by Gasteiger charge is 2.30. The number of rotatable bonds is 5. The molecule has 0 aromatic carbocycles. The van der Waals surface area contributed by atoms with Crippen LogP contribution >= 0.6 is 0 Å². The van der Waals surface area contributed by atoms with Gasteiger partial charge in [-0.15, -0.1) is 0 Å². The summed E-state index contributed by atoms with van der Waals surface area (Å²) in [5, 5.41) is 12.4. The van der Waals surface area contributed by atoms with E-state index in [1.165, 1.54) is 45.2 Å². The van der Waals surface area contributed by atoms with Crippen molar-refractivity contribution in [1.82, 2.24) is 10.2 Å². The lowest BCUT2D eigenvalue weighted by molar-refractivity contribution is 0.0570. The number of hydrogen-bond donors (Lipinski definition) is 2. The maximum atomic E-state index is 8.95. The molecule has 2 fully saturated rings. The van der Waals surface area contributed by atoms with Gasteiger partial charge in [0, 0.05) is 25.2 Å². The fourth-order valence-electron chi connectivity index (χ4n) is 2.77. The van der Waals surface area contributed by atoms with Gasteiger partial charge in [-0.05, 0) is 45.2 Å². The molecule has 15 heavy (non-hydrogen) atoms. The van der Waals surface area contributed by atoms with Gasteiger partial charge in [-0.25, -0.2) is 0 Å². The van der Waals surface area contributed by atoms with Gasteiger partial charge in [-0.2, -0.15) is 0 Å². The van der Waals surface area contributed by atoms with Gasteiger partial charge in [-0.3, -0.25) is 4.90 Å². The average molecular weight is 212 g/mol. The predicted octanol–water partition coefficient (Wildman–Crippen LogP) is 0.975. The van der Waals surface area contributed by atoms with Crippen molar-refractivity contribution in [1.29, 1.82) is 0 Å². The van der Waals surface area contributed by atoms with E-state index in [9.17, 15) is 0 Å². The first-order valence-electron chi connectivity index (χ1n) is 6.49. The summed E-state index contributed by atoms with van der Waals surface area (Å²) >= 11 is 0. The molecular formula is C12H24N2O. The first kappa shape index (κ1) is 11.4. The summed E-state index contributed by atoms with van der Waals surface area (Å²) < 4.78 is 0. The van der Waals surface area contributed by atoms with Crippen molar-refractivity contribution >= 4 is 0 Å². The quantitative estimate of drug-likeness (QED) is 0.713. The Balaban J connectivity index is 1.84. The van der Waals surface area contributed by atoms with Crippen molar-refractivity contribution in [2.45, 2.75) is 50.6 Å². The van der Waals surface area contributed by atoms with Crippen molar-refractivity contribution in [3.8, 4) is 0 Å². The number of piperidine rings is 1. The molecule has 2 N–H and O–H groups in total. The van der Waals surface area contributed by atoms with Crippen molar-refractivity contribution in [2.24, 2.45) is 0 Å². The molecular weight excluding hydrogens is 188 g/mol. The second-order valence-electron chi connectivity index (χ2n) is 4.88. The van der Waals surface area contributed by atoms with Gasteiger partial charge in [0.25, 0.3) is 0 Å². The van der Waals surface area contributed by atoms with E-state index in [1.54, 1.807) is 0 Å². The van der Waals surface area contributed by atoms with E-state index < -0.39 is 0 Å². The summed E-state index contributed by atoms with van der Waals surface area (Å²) in [6, 6.07) is 1.61. The molecule has 1 heterocycles. The molecule has 1 aliphatic carbocycles. The molecule has 1 saturated heterocycles. The molecule has 0 unspecified atom stereocenters. The van der Waals surface area contributed by atoms with Crippen molar-refractivity contribution < 1.29 is 5.11 Å². The highest BCUT2D eigenvalue weighted by atomic mass is 16.3. The van der Waals surface area contributed by atoms with Gasteiger partial charge in [0.15, 0.2) is 0 Å². The topological polar surface area (TPSA) is 35.5 Å². The van der Waals surface area contributed by atoms with E-state index in [0.29, 0.717) is 6.61 Å². The van der Waals surface area contributed by atoms with Gasteiger partial charge < -0.3 is 10.4 Å². The molecule has 2 aliphatic rings. The Morgan fingerprint density at radius 3 is 2.27 bits per heavy atom. The summed E-state index contributed by atoms with van der Waals surface area (Å²) in [6.07, 6.45) is 7.71. The molecule has 0 bridgehead atoms. The molecule has 0 amide bonds. The van der Waals surface area contributed by atoms with Gasteiger partial charge in [0.2, 0.25) is 0 Å². The Labute approximate surface area is 92.8 Å². The average Bonchev–Trinajstić information content (AvgIpc) is 2.22. The predicted molar refractivity (Wildman–Crippen MR) is 61.9 cm³/mol. The number of aliphatic hydroxyl groups is 1. The van der Waals surface area contributed by atoms with Gasteiger partial charge in [0.05, 0.1) is 0 Å². The van der Waals surface area contributed by atoms with Crippen LogP contribution in [0.15, 0.2) is 0 Å². The number of nitrogens with zero attached hydrogens (tertiary/aromatic N) is 1. The molecule has 2 rings (SSSR count). The fraction of sp³-hybridized carbons (Fsp3) is 1.00. The summed E-state index contributed by atoms with van der Waals surface area (Å²) in [4.78, 5) is 2.68. The monoisotopic (exact) mass is 212 g/mol. The molecule has 1 aliphatic heterocycles. The van der Waals surface area contributed by atoms with Crippen LogP contribution in [0.1, 0.15) is 38.5 Å². The normalized spacial score (nSPS) is 24.4. The van der Waals surface area contributed by atoms with E-state index >= 15 is 0 Å². The van der Waals surface area contributed by atoms with E-state index in [4.69, 9.17) is 5.11 Å². The lowest BCUT2D eigenvalue weighted by Crippen LogP contribution is -2.50. The Morgan fingerprint density at radius 1 is 1.07 bits per heavy atom. The zero-order valence-electron chi connectivity index (χ0n) is 9.62. The summed E-state index contributed by atoms with van der Waals surface area (Å²) in [5.74, 6) is 0. The molecule has 3 nitrogen and oxygen atoms in total. The lowest BCUT2D eigenvalue weighted by Gasteiger charge is -2.44. The van der Waals surface area contributed by atoms with Crippen molar-refractivity contribution in [2.75, 3.05) is 26.2 Å². The van der Waals surface area contributed by atoms with Gasteiger partial charge >= 0.3 is 0 Å². The first-order valence-corrected chi connectivity index (χ1v) is 6.49. The van der Waals surface area contributed by atoms with E-state index in [2.05, 4.69) is 10.2 Å². The minimum Gasteiger partial charge on any atom is -0.396 e. The van der Waals surface area contributed by atoms with E-state index in [-0.39, 0.29) is 0 Å². The maximum Gasteiger partial charge on any atom is 0.0443 e. The van der Waals surface area contributed by atoms with E-state index in [1.807, 2.05) is 0 Å². The van der Waals surface area contributed by atoms with Crippen LogP contribution in [0.4, 0.5) is 0 Å². The van der Waals surface area contributed by atoms with Gasteiger partial charge in [-0.1, -0.05) is 6.42 Å². The second kappa shape index (κ2) is 5.83. The SMILES string of the molecule is OCCCN(C1CCC1)C1CCNCC1. The van der Waals surface area contributed by atoms with Crippen LogP contribution in [0, 0.1) is 0 Å². The lowest BCUT2D eigenvalue weighted by atomic mass is 9.88. The third-order valence-electron chi connectivity index (χ3n) is 3.90. The number of aliphatic hydroxyl groups excluding tert-OH is 1. The van der Waals surface area contributed by atoms with Crippen LogP contribution in [0.5, 0.6) is 0 Å². The molecule has 3 heteroatoms. The standard InChI is InChI=1S/C12H24N2O/c15-10-2-9-14(11-3-1-4-11)12-5-7-13-8-6-12/h11-13,15H,1-10H2. The fourth-order valence-corrected chi connectivity index (χ4v) is 2.77. The Kier molecular flexibility index (Phi) is 4.42. The first-order chi connectivity index (χ1) is 7.42. The molecule has 0 spiro atoms. The summed E-state index contributed by atoms with van der Waals surface area (Å²) in [6.45, 7) is 3.79. The summed E-state index contributed by atoms with van der Waals surface area (Å²) in [5.41, 5.74) is 0. The Morgan fingerprint density at radius 2 is 1.73 bits per heavy atom. The zero-order valence-corrected chi connectivity index (χ0v) is 9.62. The van der Waals surface area contributed by atoms with Gasteiger partial charge in [0.1, 0.15) is 0 Å². The molecule has 1 saturated carbocycles. The molecule has 0 atom stereocenters. The van der Waals surface area contributed by atoms with Crippen LogP contribution in [0.2, 0.25) is 0 Å². The number of nitrogens with one attached hydrogen (secondary N) is 1. The van der Waals surface area contributed by atoms with Crippen LogP contribution < -0.4 is 5.32 Å². The number of hydrogen-bond acceptors (Lipinski definition) is 3. The molecule has 0 aromatic rings. The highest BCUT2D eigenvalue weighted by molar-refractivity contribution is 4.87. The zero-order chi connectivity index (χ0) is 10.5. The minimum absolute atomic E-state index is 0.341. The second-order valence-corrected chi connectivity index (χ2v) is 4.88. The Bertz CT molecular complexity index is 176. The Hall–Kier alpha value is -0.120. The minimum atomic E-state index is 0.341. The molecule has 88 valence electrons. The molecule has 0 aromatic heterocycles. The van der Waals surface area contributed by atoms with Crippen molar-refractivity contribution in [3.05, 3.63) is 0 Å². The van der Waals surface area contributed by atoms with E-state index in [0.717, 1.165) is 25.0 Å². The molecule has 0 radical (unpaired) electrons. The van der Waals surface area contributed by atoms with Crippen LogP contribution in [0.25, 0.3) is 0 Å². The largest absolute Gasteiger partial charge is 0.396 e. The smallest absolute Gasteiger partial charge is 0.0443 e. The summed E-state index contributed by atoms with van der Waals surface area (Å²) in [7, 11) is 0. The van der Waals surface area contributed by atoms with Crippen LogP contribution in [0.3, 0.4) is 0 Å². The van der Waals surface area contributed by atoms with Crippen LogP contribution in [-0.4, -0.2) is 48.3 Å². The third kappa shape index (κ3) is 2.92. The maximum absolute atomic E-state index is 8.95. The highest BCUT2D eigenvalue weighted by Crippen LogP contribution is 2.28. The van der Waals surface area contributed by atoms with Crippen molar-refractivity contribution in [3.63, 3.8) is 0 Å². The third-order valence-corrected chi connectivity index (χ3v) is 3.90.